The minimum Gasteiger partial charge on any atom is -0.504 e. The number of nitrogens with zero attached hydrogens (tertiary/aromatic N) is 3. The van der Waals surface area contributed by atoms with Crippen molar-refractivity contribution in [3.63, 3.8) is 0 Å². The number of hydrogen-bond donors (Lipinski definition) is 3. The number of aromatic nitrogens is 3. The van der Waals surface area contributed by atoms with Gasteiger partial charge in [-0.3, -0.25) is 20.4 Å². The summed E-state index contributed by atoms with van der Waals surface area (Å²) >= 11 is 0. The molecule has 0 aliphatic rings. The number of para-hydroxylation sites is 1. The van der Waals surface area contributed by atoms with Crippen molar-refractivity contribution in [2.24, 2.45) is 0 Å². The van der Waals surface area contributed by atoms with Crippen molar-refractivity contribution in [3.8, 4) is 11.4 Å². The van der Waals surface area contributed by atoms with Crippen molar-refractivity contribution in [2.45, 2.75) is 6.92 Å². The van der Waals surface area contributed by atoms with Gasteiger partial charge in [0.1, 0.15) is 0 Å². The predicted molar refractivity (Wildman–Crippen MR) is 81.4 cm³/mol. The maximum atomic E-state index is 12.0. The van der Waals surface area contributed by atoms with E-state index in [9.17, 15) is 14.7 Å². The molecule has 2 aromatic heterocycles. The average molecular weight is 327 g/mol. The third-order valence-electron chi connectivity index (χ3n) is 3.07. The Hall–Kier alpha value is -3.62. The summed E-state index contributed by atoms with van der Waals surface area (Å²) in [4.78, 5) is 23.8. The molecule has 3 rings (SSSR count). The SMILES string of the molecule is Cc1cc(C(=O)NNC(=O)c2nn(-c3ccccc3)cc2O)on1. The molecule has 0 unspecified atom stereocenters. The summed E-state index contributed by atoms with van der Waals surface area (Å²) in [6.07, 6.45) is 1.30. The van der Waals surface area contributed by atoms with E-state index in [4.69, 9.17) is 4.52 Å². The lowest BCUT2D eigenvalue weighted by Gasteiger charge is -2.03. The first-order valence-electron chi connectivity index (χ1n) is 6.92. The van der Waals surface area contributed by atoms with Crippen molar-refractivity contribution in [3.05, 3.63) is 59.7 Å². The molecule has 122 valence electrons. The lowest BCUT2D eigenvalue weighted by atomic mass is 10.3. The van der Waals surface area contributed by atoms with E-state index in [1.165, 1.54) is 16.9 Å². The predicted octanol–water partition coefficient (Wildman–Crippen LogP) is 0.949. The van der Waals surface area contributed by atoms with Crippen LogP contribution in [0.3, 0.4) is 0 Å². The number of rotatable bonds is 3. The van der Waals surface area contributed by atoms with Gasteiger partial charge in [-0.05, 0) is 19.1 Å². The molecule has 0 radical (unpaired) electrons. The van der Waals surface area contributed by atoms with E-state index >= 15 is 0 Å². The smallest absolute Gasteiger partial charge is 0.308 e. The molecule has 0 atom stereocenters. The van der Waals surface area contributed by atoms with Gasteiger partial charge in [0.15, 0.2) is 11.4 Å². The number of nitrogens with one attached hydrogen (secondary N) is 2. The summed E-state index contributed by atoms with van der Waals surface area (Å²) in [6, 6.07) is 10.4. The van der Waals surface area contributed by atoms with Gasteiger partial charge in [0.05, 0.1) is 17.6 Å². The van der Waals surface area contributed by atoms with Crippen LogP contribution in [-0.2, 0) is 0 Å². The minimum atomic E-state index is -0.772. The molecule has 3 N–H and O–H groups in total. The lowest BCUT2D eigenvalue weighted by molar-refractivity contribution is 0.0821. The second-order valence-corrected chi connectivity index (χ2v) is 4.88. The van der Waals surface area contributed by atoms with Gasteiger partial charge in [0.25, 0.3) is 5.91 Å². The molecule has 0 fully saturated rings. The highest BCUT2D eigenvalue weighted by Gasteiger charge is 2.19. The van der Waals surface area contributed by atoms with Crippen LogP contribution in [0.4, 0.5) is 0 Å². The second kappa shape index (κ2) is 6.24. The Balaban J connectivity index is 1.69. The normalized spacial score (nSPS) is 10.4. The summed E-state index contributed by atoms with van der Waals surface area (Å²) in [5, 5.41) is 17.4. The monoisotopic (exact) mass is 327 g/mol. The van der Waals surface area contributed by atoms with Crippen LogP contribution >= 0.6 is 0 Å². The van der Waals surface area contributed by atoms with Crippen LogP contribution in [0.15, 0.2) is 47.1 Å². The minimum absolute atomic E-state index is 0.0492. The van der Waals surface area contributed by atoms with Gasteiger partial charge in [-0.15, -0.1) is 0 Å². The number of hydrazine groups is 1. The van der Waals surface area contributed by atoms with Crippen molar-refractivity contribution in [2.75, 3.05) is 0 Å². The zero-order valence-corrected chi connectivity index (χ0v) is 12.6. The quantitative estimate of drug-likeness (QED) is 0.616. The number of carbonyl (C=O) groups excluding carboxylic acids is 2. The van der Waals surface area contributed by atoms with Crippen LogP contribution in [0.25, 0.3) is 5.69 Å². The van der Waals surface area contributed by atoms with E-state index in [0.717, 1.165) is 0 Å². The molecule has 2 amide bonds. The van der Waals surface area contributed by atoms with E-state index in [1.807, 2.05) is 6.07 Å². The Labute approximate surface area is 135 Å². The summed E-state index contributed by atoms with van der Waals surface area (Å²) in [5.74, 6) is -1.81. The van der Waals surface area contributed by atoms with Crippen LogP contribution < -0.4 is 10.9 Å². The zero-order chi connectivity index (χ0) is 17.1. The number of aryl methyl sites for hydroxylation is 1. The van der Waals surface area contributed by atoms with Crippen molar-refractivity contribution < 1.29 is 19.2 Å². The molecule has 24 heavy (non-hydrogen) atoms. The van der Waals surface area contributed by atoms with Gasteiger partial charge >= 0.3 is 5.91 Å². The molecular weight excluding hydrogens is 314 g/mol. The van der Waals surface area contributed by atoms with Gasteiger partial charge in [0.2, 0.25) is 5.76 Å². The van der Waals surface area contributed by atoms with E-state index in [1.54, 1.807) is 31.2 Å². The first kappa shape index (κ1) is 15.3. The van der Waals surface area contributed by atoms with Gasteiger partial charge in [0, 0.05) is 6.07 Å². The number of amides is 2. The molecule has 9 heteroatoms. The molecule has 0 spiro atoms. The lowest BCUT2D eigenvalue weighted by Crippen LogP contribution is -2.41. The number of benzene rings is 1. The van der Waals surface area contributed by atoms with Gasteiger partial charge in [-0.2, -0.15) is 5.10 Å². The molecule has 0 bridgehead atoms. The molecule has 0 saturated heterocycles. The van der Waals surface area contributed by atoms with Gasteiger partial charge in [-0.1, -0.05) is 23.4 Å². The first-order chi connectivity index (χ1) is 11.5. The third-order valence-corrected chi connectivity index (χ3v) is 3.07. The molecule has 0 saturated carbocycles. The van der Waals surface area contributed by atoms with E-state index in [2.05, 4.69) is 21.1 Å². The Morgan fingerprint density at radius 1 is 1.17 bits per heavy atom. The average Bonchev–Trinajstić information content (AvgIpc) is 3.19. The first-order valence-corrected chi connectivity index (χ1v) is 6.92. The Kier molecular flexibility index (Phi) is 3.98. The van der Waals surface area contributed by atoms with Crippen molar-refractivity contribution in [1.82, 2.24) is 25.8 Å². The van der Waals surface area contributed by atoms with Crippen LogP contribution in [-0.4, -0.2) is 31.9 Å². The molecule has 1 aromatic carbocycles. The highest BCUT2D eigenvalue weighted by atomic mass is 16.5. The fourth-order valence-corrected chi connectivity index (χ4v) is 1.94. The maximum Gasteiger partial charge on any atom is 0.308 e. The Morgan fingerprint density at radius 3 is 2.54 bits per heavy atom. The number of aromatic hydroxyl groups is 1. The van der Waals surface area contributed by atoms with Gasteiger partial charge < -0.3 is 9.63 Å². The fourth-order valence-electron chi connectivity index (χ4n) is 1.94. The highest BCUT2D eigenvalue weighted by molar-refractivity contribution is 5.98. The van der Waals surface area contributed by atoms with E-state index < -0.39 is 11.8 Å². The summed E-state index contributed by atoms with van der Waals surface area (Å²) in [5.41, 5.74) is 5.28. The molecule has 3 aromatic rings. The molecule has 0 aliphatic heterocycles. The highest BCUT2D eigenvalue weighted by Crippen LogP contribution is 2.17. The van der Waals surface area contributed by atoms with Crippen LogP contribution in [0.2, 0.25) is 0 Å². The van der Waals surface area contributed by atoms with Crippen LogP contribution in [0, 0.1) is 6.92 Å². The molecular formula is C15H13N5O4. The molecule has 9 nitrogen and oxygen atoms in total. The number of carbonyl (C=O) groups is 2. The third kappa shape index (κ3) is 3.09. The standard InChI is InChI=1S/C15H13N5O4/c1-9-7-12(24-19-9)14(22)16-17-15(23)13-11(21)8-20(18-13)10-5-3-2-4-6-10/h2-8,21H,1H3,(H,16,22)(H,17,23). The van der Waals surface area contributed by atoms with Crippen LogP contribution in [0.1, 0.15) is 26.7 Å². The zero-order valence-electron chi connectivity index (χ0n) is 12.6. The topological polar surface area (TPSA) is 122 Å². The van der Waals surface area contributed by atoms with Crippen molar-refractivity contribution in [1.29, 1.82) is 0 Å². The van der Waals surface area contributed by atoms with Crippen LogP contribution in [0.5, 0.6) is 5.75 Å². The number of hydrogen-bond acceptors (Lipinski definition) is 6. The van der Waals surface area contributed by atoms with Crippen molar-refractivity contribution >= 4 is 11.8 Å². The molecule has 2 heterocycles. The second-order valence-electron chi connectivity index (χ2n) is 4.88. The summed E-state index contributed by atoms with van der Waals surface area (Å²) in [7, 11) is 0. The maximum absolute atomic E-state index is 12.0. The molecule has 0 aliphatic carbocycles. The van der Waals surface area contributed by atoms with E-state index in [0.29, 0.717) is 11.4 Å². The summed E-state index contributed by atoms with van der Waals surface area (Å²) in [6.45, 7) is 1.66. The largest absolute Gasteiger partial charge is 0.504 e. The van der Waals surface area contributed by atoms with Gasteiger partial charge in [-0.25, -0.2) is 4.68 Å². The van der Waals surface area contributed by atoms with E-state index in [-0.39, 0.29) is 17.2 Å². The fraction of sp³-hybridized carbons (Fsp3) is 0.0667. The Morgan fingerprint density at radius 2 is 1.88 bits per heavy atom. The summed E-state index contributed by atoms with van der Waals surface area (Å²) < 4.78 is 6.12. The Bertz CT molecular complexity index is 884.